The third-order valence-electron chi connectivity index (χ3n) is 5.70. The largest absolute Gasteiger partial charge is 0.336 e. The summed E-state index contributed by atoms with van der Waals surface area (Å²) in [4.78, 5) is 33.8. The van der Waals surface area contributed by atoms with E-state index in [4.69, 9.17) is 4.98 Å². The van der Waals surface area contributed by atoms with Crippen molar-refractivity contribution in [3.63, 3.8) is 0 Å². The van der Waals surface area contributed by atoms with Crippen molar-refractivity contribution >= 4 is 34.5 Å². The number of pyridine rings is 1. The number of aromatic nitrogens is 1. The van der Waals surface area contributed by atoms with Crippen LogP contribution in [-0.2, 0) is 9.59 Å². The van der Waals surface area contributed by atoms with Crippen molar-refractivity contribution in [3.8, 4) is 0 Å². The Hall–Kier alpha value is -2.08. The molecule has 0 aliphatic carbocycles. The highest BCUT2D eigenvalue weighted by atomic mass is 32.2. The van der Waals surface area contributed by atoms with Crippen LogP contribution in [0.25, 0.3) is 10.9 Å². The van der Waals surface area contributed by atoms with Crippen molar-refractivity contribution in [1.29, 1.82) is 0 Å². The summed E-state index contributed by atoms with van der Waals surface area (Å²) in [5, 5.41) is 2.01. The Bertz CT molecular complexity index is 914. The van der Waals surface area contributed by atoms with Crippen LogP contribution in [0.5, 0.6) is 0 Å². The number of piperazine rings is 1. The van der Waals surface area contributed by atoms with E-state index in [0.29, 0.717) is 12.3 Å². The molecular formula is C21H25N3O2S. The van der Waals surface area contributed by atoms with E-state index < -0.39 is 0 Å². The Morgan fingerprint density at radius 3 is 2.93 bits per heavy atom. The third-order valence-corrected chi connectivity index (χ3v) is 6.60. The van der Waals surface area contributed by atoms with E-state index in [1.165, 1.54) is 22.9 Å². The van der Waals surface area contributed by atoms with E-state index in [9.17, 15) is 9.59 Å². The fourth-order valence-electron chi connectivity index (χ4n) is 4.16. The first-order chi connectivity index (χ1) is 12.9. The molecule has 5 nitrogen and oxygen atoms in total. The van der Waals surface area contributed by atoms with Gasteiger partial charge in [-0.2, -0.15) is 0 Å². The van der Waals surface area contributed by atoms with Crippen LogP contribution in [-0.4, -0.2) is 57.5 Å². The zero-order chi connectivity index (χ0) is 19.1. The van der Waals surface area contributed by atoms with Crippen molar-refractivity contribution in [2.24, 2.45) is 0 Å². The average molecular weight is 384 g/mol. The second-order valence-corrected chi connectivity index (χ2v) is 8.63. The molecule has 3 heterocycles. The first-order valence-corrected chi connectivity index (χ1v) is 10.5. The lowest BCUT2D eigenvalue weighted by Gasteiger charge is -2.41. The van der Waals surface area contributed by atoms with Gasteiger partial charge in [0.2, 0.25) is 11.8 Å². The van der Waals surface area contributed by atoms with Gasteiger partial charge >= 0.3 is 0 Å². The minimum atomic E-state index is -0.360. The van der Waals surface area contributed by atoms with Gasteiger partial charge in [-0.15, -0.1) is 0 Å². The Kier molecular flexibility index (Phi) is 4.84. The summed E-state index contributed by atoms with van der Waals surface area (Å²) < 4.78 is 0. The van der Waals surface area contributed by atoms with Crippen molar-refractivity contribution < 1.29 is 9.59 Å². The van der Waals surface area contributed by atoms with Crippen LogP contribution in [0.2, 0.25) is 0 Å². The van der Waals surface area contributed by atoms with Gasteiger partial charge in [0, 0.05) is 24.5 Å². The molecule has 0 unspecified atom stereocenters. The summed E-state index contributed by atoms with van der Waals surface area (Å²) in [5.74, 6) is 0.432. The molecule has 6 heteroatoms. The highest BCUT2D eigenvalue weighted by Gasteiger charge is 2.41. The normalized spacial score (nSPS) is 22.4. The monoisotopic (exact) mass is 383 g/mol. The van der Waals surface area contributed by atoms with Crippen LogP contribution in [0.4, 0.5) is 0 Å². The molecule has 2 aromatic rings. The zero-order valence-corrected chi connectivity index (χ0v) is 16.9. The molecule has 2 saturated heterocycles. The number of benzene rings is 1. The summed E-state index contributed by atoms with van der Waals surface area (Å²) in [6.45, 7) is 7.50. The predicted octanol–water partition coefficient (Wildman–Crippen LogP) is 3.17. The summed E-state index contributed by atoms with van der Waals surface area (Å²) in [6, 6.07) is 8.12. The molecule has 0 N–H and O–H groups in total. The Morgan fingerprint density at radius 2 is 2.11 bits per heavy atom. The summed E-state index contributed by atoms with van der Waals surface area (Å²) in [6.07, 6.45) is 2.04. The first kappa shape index (κ1) is 18.3. The number of nitrogens with zero attached hydrogens (tertiary/aromatic N) is 3. The van der Waals surface area contributed by atoms with E-state index in [0.717, 1.165) is 35.3 Å². The molecule has 0 spiro atoms. The molecule has 27 heavy (non-hydrogen) atoms. The maximum atomic E-state index is 12.8. The van der Waals surface area contributed by atoms with Crippen LogP contribution < -0.4 is 0 Å². The number of amides is 2. The molecule has 2 amide bonds. The van der Waals surface area contributed by atoms with Crippen molar-refractivity contribution in [1.82, 2.24) is 14.8 Å². The van der Waals surface area contributed by atoms with Crippen molar-refractivity contribution in [2.45, 2.75) is 50.7 Å². The highest BCUT2D eigenvalue weighted by Crippen LogP contribution is 2.28. The molecule has 2 atom stereocenters. The number of carbonyl (C=O) groups is 2. The number of rotatable bonds is 3. The highest BCUT2D eigenvalue weighted by molar-refractivity contribution is 7.99. The molecule has 4 rings (SSSR count). The minimum Gasteiger partial charge on any atom is -0.336 e. The van der Waals surface area contributed by atoms with E-state index in [-0.39, 0.29) is 23.9 Å². The molecule has 2 aliphatic heterocycles. The lowest BCUT2D eigenvalue weighted by Crippen LogP contribution is -2.60. The maximum Gasteiger partial charge on any atom is 0.245 e. The average Bonchev–Trinajstić information content (AvgIpc) is 3.12. The lowest BCUT2D eigenvalue weighted by atomic mass is 10.1. The number of thioether (sulfide) groups is 1. The molecule has 2 aliphatic rings. The summed E-state index contributed by atoms with van der Waals surface area (Å²) >= 11 is 1.46. The van der Waals surface area contributed by atoms with Crippen molar-refractivity contribution in [2.75, 3.05) is 18.8 Å². The van der Waals surface area contributed by atoms with E-state index in [2.05, 4.69) is 26.0 Å². The maximum absolute atomic E-state index is 12.8. The lowest BCUT2D eigenvalue weighted by molar-refractivity contribution is -0.151. The smallest absolute Gasteiger partial charge is 0.245 e. The number of hydrogen-bond donors (Lipinski definition) is 0. The SMILES string of the molecule is Cc1ccc2nc(SCC(=O)N3C[C@@H]4CCCN4C(=O)[C@@H]3C)cc(C)c2c1. The van der Waals surface area contributed by atoms with Crippen molar-refractivity contribution in [3.05, 3.63) is 35.4 Å². The number of aryl methyl sites for hydroxylation is 2. The zero-order valence-electron chi connectivity index (χ0n) is 16.1. The summed E-state index contributed by atoms with van der Waals surface area (Å²) in [7, 11) is 0. The Labute approximate surface area is 164 Å². The second kappa shape index (κ2) is 7.15. The molecule has 142 valence electrons. The van der Waals surface area contributed by atoms with Gasteiger partial charge in [-0.3, -0.25) is 9.59 Å². The predicted molar refractivity (Wildman–Crippen MR) is 108 cm³/mol. The fourth-order valence-corrected chi connectivity index (χ4v) is 5.02. The standard InChI is InChI=1S/C21H25N3O2S/c1-13-6-7-18-17(9-13)14(2)10-19(22-18)27-12-20(25)24-11-16-5-4-8-23(16)21(26)15(24)3/h6-7,9-10,15-16H,4-5,8,11-12H2,1-3H3/t15-,16-/m0/s1. The quantitative estimate of drug-likeness (QED) is 0.764. The van der Waals surface area contributed by atoms with E-state index in [1.807, 2.05) is 24.0 Å². The van der Waals surface area contributed by atoms with Gasteiger partial charge in [-0.1, -0.05) is 23.4 Å². The molecule has 0 bridgehead atoms. The fraction of sp³-hybridized carbons (Fsp3) is 0.476. The van der Waals surface area contributed by atoms with Gasteiger partial charge in [0.25, 0.3) is 0 Å². The van der Waals surface area contributed by atoms with Gasteiger partial charge in [0.05, 0.1) is 16.3 Å². The molecular weight excluding hydrogens is 358 g/mol. The topological polar surface area (TPSA) is 53.5 Å². The van der Waals surface area contributed by atoms with Crippen LogP contribution in [0.3, 0.4) is 0 Å². The van der Waals surface area contributed by atoms with Crippen LogP contribution in [0.15, 0.2) is 29.3 Å². The van der Waals surface area contributed by atoms with E-state index in [1.54, 1.807) is 4.90 Å². The van der Waals surface area contributed by atoms with Crippen LogP contribution in [0, 0.1) is 13.8 Å². The second-order valence-electron chi connectivity index (χ2n) is 7.64. The molecule has 0 saturated carbocycles. The first-order valence-electron chi connectivity index (χ1n) is 9.55. The molecule has 1 aromatic carbocycles. The molecule has 2 fully saturated rings. The Morgan fingerprint density at radius 1 is 1.30 bits per heavy atom. The van der Waals surface area contributed by atoms with Gasteiger partial charge in [0.15, 0.2) is 0 Å². The van der Waals surface area contributed by atoms with Gasteiger partial charge < -0.3 is 9.80 Å². The van der Waals surface area contributed by atoms with Gasteiger partial charge in [0.1, 0.15) is 6.04 Å². The van der Waals surface area contributed by atoms with Crippen LogP contribution in [0.1, 0.15) is 30.9 Å². The summed E-state index contributed by atoms with van der Waals surface area (Å²) in [5.41, 5.74) is 3.34. The van der Waals surface area contributed by atoms with E-state index >= 15 is 0 Å². The van der Waals surface area contributed by atoms with Gasteiger partial charge in [-0.25, -0.2) is 4.98 Å². The Balaban J connectivity index is 1.47. The number of hydrogen-bond acceptors (Lipinski definition) is 4. The molecule has 0 radical (unpaired) electrons. The number of carbonyl (C=O) groups excluding carboxylic acids is 2. The van der Waals surface area contributed by atoms with Gasteiger partial charge in [-0.05, 0) is 57.4 Å². The number of fused-ring (bicyclic) bond motifs is 2. The van der Waals surface area contributed by atoms with Crippen LogP contribution >= 0.6 is 11.8 Å². The minimum absolute atomic E-state index is 0.0239. The third kappa shape index (κ3) is 3.43. The molecule has 1 aromatic heterocycles.